The summed E-state index contributed by atoms with van der Waals surface area (Å²) in [6.07, 6.45) is 9.94. The van der Waals surface area contributed by atoms with Gasteiger partial charge in [0.1, 0.15) is 24.2 Å². The monoisotopic (exact) mass is 765 g/mol. The van der Waals surface area contributed by atoms with Crippen molar-refractivity contribution in [2.45, 2.75) is 159 Å². The molecule has 0 saturated heterocycles. The molecule has 52 heavy (non-hydrogen) atoms. The molecule has 0 aliphatic rings. The van der Waals surface area contributed by atoms with Crippen molar-refractivity contribution >= 4 is 40.8 Å². The summed E-state index contributed by atoms with van der Waals surface area (Å²) in [6, 6.07) is -5.64. The number of amides is 4. The molecule has 20 heteroatoms. The van der Waals surface area contributed by atoms with Crippen molar-refractivity contribution in [1.29, 1.82) is 0 Å². The minimum Gasteiger partial charge on any atom is -0.425 e. The summed E-state index contributed by atoms with van der Waals surface area (Å²) in [6.45, 7) is 4.14. The van der Waals surface area contributed by atoms with Gasteiger partial charge in [-0.15, -0.1) is 0 Å². The Labute approximate surface area is 310 Å². The number of nitrogens with two attached hydrogens (primary N) is 4. The molecule has 0 saturated carbocycles. The van der Waals surface area contributed by atoms with E-state index in [1.807, 2.05) is 0 Å². The Balaban J connectivity index is 5.39. The molecule has 0 aliphatic carbocycles. The van der Waals surface area contributed by atoms with Gasteiger partial charge < -0.3 is 59.4 Å². The van der Waals surface area contributed by atoms with E-state index in [0.717, 1.165) is 25.7 Å². The van der Waals surface area contributed by atoms with E-state index in [1.165, 1.54) is 39.0 Å². The molecule has 0 aromatic heterocycles. The smallest absolute Gasteiger partial charge is 0.425 e. The fourth-order valence-corrected chi connectivity index (χ4v) is 6.66. The van der Waals surface area contributed by atoms with Crippen LogP contribution in [0.4, 0.5) is 0 Å². The van der Waals surface area contributed by atoms with E-state index in [4.69, 9.17) is 22.9 Å². The maximum absolute atomic E-state index is 13.3. The lowest BCUT2D eigenvalue weighted by atomic mass is 9.86. The number of hydrogen-bond acceptors (Lipinski definition) is 13. The van der Waals surface area contributed by atoms with Crippen LogP contribution in [-0.4, -0.2) is 110 Å². The molecule has 4 amide bonds. The number of aliphatic hydroxyl groups is 1. The lowest BCUT2D eigenvalue weighted by molar-refractivity contribution is -0.135. The maximum atomic E-state index is 13.3. The van der Waals surface area contributed by atoms with Gasteiger partial charge in [-0.1, -0.05) is 84.0 Å². The van der Waals surface area contributed by atoms with Crippen LogP contribution in [0.15, 0.2) is 0 Å². The molecule has 16 N–H and O–H groups in total. The first-order valence-electron chi connectivity index (χ1n) is 18.8. The molecule has 0 aromatic rings. The highest BCUT2D eigenvalue weighted by Crippen LogP contribution is 2.12. The molecule has 18 nitrogen and oxygen atoms in total. The van der Waals surface area contributed by atoms with Crippen LogP contribution in [0.25, 0.3) is 0 Å². The molecule has 1 unspecified atom stereocenters. The second kappa shape index (κ2) is 29.0. The van der Waals surface area contributed by atoms with E-state index in [-0.39, 0.29) is 18.6 Å². The highest BCUT2D eigenvalue weighted by molar-refractivity contribution is 7.89. The molecule has 0 heterocycles. The van der Waals surface area contributed by atoms with Gasteiger partial charge in [-0.2, -0.15) is 0 Å². The van der Waals surface area contributed by atoms with Gasteiger partial charge in [0.05, 0.1) is 11.9 Å². The molecule has 0 bridgehead atoms. The standard InChI is InChI=1S/C32H68BN9O9S/c1-3-4-5-6-7-8-9-10-11-17-22-52(50,51)42-25(19-14-16-21-35)29(45)39-26(23(2)43)30(46)40-27(36)31(47)38-24(18-13-12-15-20-34)28(44)41-32(37)33(48)49/h23-27,32,42-43,48-49H,3-22,34-37H2,1-2H3,(H,38,47)(H,39,45)(H,40,46)(H,41,44)/t23?,24-,25-,26-,27+,32+/m0/s1. The van der Waals surface area contributed by atoms with Gasteiger partial charge in [0.25, 0.3) is 5.91 Å². The molecular formula is C32H68BN9O9S. The first-order chi connectivity index (χ1) is 24.6. The Bertz CT molecular complexity index is 1120. The molecule has 0 radical (unpaired) electrons. The Morgan fingerprint density at radius 2 is 1.12 bits per heavy atom. The van der Waals surface area contributed by atoms with Crippen LogP contribution in [-0.2, 0) is 29.2 Å². The van der Waals surface area contributed by atoms with Gasteiger partial charge in [0, 0.05) is 0 Å². The summed E-state index contributed by atoms with van der Waals surface area (Å²) in [7, 11) is -5.93. The normalized spacial score (nSPS) is 15.1. The number of unbranched alkanes of at least 4 members (excludes halogenated alkanes) is 12. The predicted octanol–water partition coefficient (Wildman–Crippen LogP) is -1.99. The summed E-state index contributed by atoms with van der Waals surface area (Å²) in [5.74, 6) is -3.91. The number of carbonyl (C=O) groups is 4. The predicted molar refractivity (Wildman–Crippen MR) is 201 cm³/mol. The minimum atomic E-state index is -3.87. The van der Waals surface area contributed by atoms with E-state index in [1.54, 1.807) is 0 Å². The Morgan fingerprint density at radius 1 is 0.635 bits per heavy atom. The summed E-state index contributed by atoms with van der Waals surface area (Å²) in [4.78, 5) is 52.1. The maximum Gasteiger partial charge on any atom is 0.490 e. The van der Waals surface area contributed by atoms with Crippen LogP contribution < -0.4 is 48.9 Å². The average molecular weight is 766 g/mol. The van der Waals surface area contributed by atoms with Gasteiger partial charge in [-0.3, -0.25) is 19.2 Å². The van der Waals surface area contributed by atoms with Crippen molar-refractivity contribution in [2.75, 3.05) is 18.8 Å². The third-order valence-electron chi connectivity index (χ3n) is 8.45. The van der Waals surface area contributed by atoms with Crippen molar-refractivity contribution in [3.05, 3.63) is 0 Å². The highest BCUT2D eigenvalue weighted by Gasteiger charge is 2.33. The second-order valence-electron chi connectivity index (χ2n) is 13.3. The van der Waals surface area contributed by atoms with E-state index in [0.29, 0.717) is 51.6 Å². The van der Waals surface area contributed by atoms with Gasteiger partial charge >= 0.3 is 7.12 Å². The van der Waals surface area contributed by atoms with Crippen molar-refractivity contribution in [1.82, 2.24) is 26.0 Å². The second-order valence-corrected chi connectivity index (χ2v) is 15.2. The number of aliphatic hydroxyl groups excluding tert-OH is 1. The lowest BCUT2D eigenvalue weighted by Gasteiger charge is -2.26. The third-order valence-corrected chi connectivity index (χ3v) is 9.92. The van der Waals surface area contributed by atoms with Crippen molar-refractivity contribution in [2.24, 2.45) is 22.9 Å². The molecule has 0 fully saturated rings. The lowest BCUT2D eigenvalue weighted by Crippen LogP contribution is -2.63. The summed E-state index contributed by atoms with van der Waals surface area (Å²) < 4.78 is 28.3. The topological polar surface area (TPSA) is 327 Å². The van der Waals surface area contributed by atoms with Crippen LogP contribution in [0.5, 0.6) is 0 Å². The molecule has 0 spiro atoms. The highest BCUT2D eigenvalue weighted by atomic mass is 32.2. The molecule has 304 valence electrons. The molecule has 0 rings (SSSR count). The van der Waals surface area contributed by atoms with E-state index in [2.05, 4.69) is 32.9 Å². The first kappa shape index (κ1) is 49.6. The van der Waals surface area contributed by atoms with Gasteiger partial charge in [0.2, 0.25) is 27.7 Å². The van der Waals surface area contributed by atoms with Crippen molar-refractivity contribution in [3.8, 4) is 0 Å². The number of nitrogens with one attached hydrogen (secondary N) is 5. The molecule has 0 aromatic carbocycles. The zero-order valence-corrected chi connectivity index (χ0v) is 32.0. The van der Waals surface area contributed by atoms with Crippen molar-refractivity contribution < 1.29 is 42.8 Å². The number of sulfonamides is 1. The largest absolute Gasteiger partial charge is 0.490 e. The van der Waals surface area contributed by atoms with E-state index in [9.17, 15) is 42.8 Å². The number of rotatable bonds is 32. The van der Waals surface area contributed by atoms with E-state index < -0.39 is 77.2 Å². The van der Waals surface area contributed by atoms with Crippen LogP contribution in [0.2, 0.25) is 0 Å². The first-order valence-corrected chi connectivity index (χ1v) is 20.4. The van der Waals surface area contributed by atoms with Gasteiger partial charge in [-0.05, 0) is 52.1 Å². The molecule has 0 aliphatic heterocycles. The van der Waals surface area contributed by atoms with Crippen molar-refractivity contribution in [3.63, 3.8) is 0 Å². The number of hydrogen-bond donors (Lipinski definition) is 12. The summed E-state index contributed by atoms with van der Waals surface area (Å²) in [5, 5.41) is 37.9. The fourth-order valence-electron chi connectivity index (χ4n) is 5.30. The van der Waals surface area contributed by atoms with Crippen LogP contribution in [0.3, 0.4) is 0 Å². The van der Waals surface area contributed by atoms with Crippen LogP contribution in [0.1, 0.15) is 123 Å². The molecular weight excluding hydrogens is 697 g/mol. The Kier molecular flexibility index (Phi) is 27.6. The summed E-state index contributed by atoms with van der Waals surface area (Å²) >= 11 is 0. The van der Waals surface area contributed by atoms with Crippen LogP contribution >= 0.6 is 0 Å². The number of carbonyl (C=O) groups excluding carboxylic acids is 4. The molecule has 6 atom stereocenters. The zero-order valence-electron chi connectivity index (χ0n) is 31.2. The average Bonchev–Trinajstić information content (AvgIpc) is 3.08. The Morgan fingerprint density at radius 3 is 1.65 bits per heavy atom. The van der Waals surface area contributed by atoms with Crippen LogP contribution in [0, 0.1) is 0 Å². The SMILES string of the molecule is CCCCCCCCCCCCS(=O)(=O)N[C@@H](CCCCN)C(=O)N[C@H](C(=O)N[C@@H](N)C(=O)N[C@@H](CCCCCN)C(=O)N[C@@H](N)B(O)O)C(C)O. The summed E-state index contributed by atoms with van der Waals surface area (Å²) in [5.41, 5.74) is 22.5. The quantitative estimate of drug-likeness (QED) is 0.0201. The van der Waals surface area contributed by atoms with Gasteiger partial charge in [0.15, 0.2) is 6.17 Å². The van der Waals surface area contributed by atoms with Gasteiger partial charge in [-0.25, -0.2) is 13.1 Å². The Hall–Kier alpha value is -2.43. The zero-order chi connectivity index (χ0) is 39.5. The minimum absolute atomic E-state index is 0.0854. The third kappa shape index (κ3) is 23.3. The fraction of sp³-hybridized carbons (Fsp3) is 0.875. The van der Waals surface area contributed by atoms with E-state index >= 15 is 0 Å².